The van der Waals surface area contributed by atoms with Crippen LogP contribution in [0.15, 0.2) is 55.6 Å². The third-order valence-corrected chi connectivity index (χ3v) is 2.29. The van der Waals surface area contributed by atoms with Crippen LogP contribution in [-0.2, 0) is 19.1 Å². The molecule has 0 aliphatic rings. The zero-order chi connectivity index (χ0) is 14.1. The van der Waals surface area contributed by atoms with Gasteiger partial charge in [-0.15, -0.1) is 0 Å². The predicted molar refractivity (Wildman–Crippen MR) is 71.5 cm³/mol. The molecule has 0 radical (unpaired) electrons. The van der Waals surface area contributed by atoms with Gasteiger partial charge < -0.3 is 9.47 Å². The molecule has 0 saturated heterocycles. The van der Waals surface area contributed by atoms with E-state index in [1.54, 1.807) is 30.3 Å². The lowest BCUT2D eigenvalue weighted by molar-refractivity contribution is -0.156. The second kappa shape index (κ2) is 7.87. The van der Waals surface area contributed by atoms with Gasteiger partial charge in [-0.1, -0.05) is 55.6 Å². The van der Waals surface area contributed by atoms with Crippen molar-refractivity contribution in [3.05, 3.63) is 61.2 Å². The highest BCUT2D eigenvalue weighted by molar-refractivity contribution is 6.00. The van der Waals surface area contributed by atoms with Crippen LogP contribution in [0.5, 0.6) is 0 Å². The normalized spacial score (nSPS) is 9.74. The van der Waals surface area contributed by atoms with E-state index in [1.807, 2.05) is 0 Å². The van der Waals surface area contributed by atoms with E-state index >= 15 is 0 Å². The van der Waals surface area contributed by atoms with E-state index in [9.17, 15) is 9.59 Å². The van der Waals surface area contributed by atoms with Crippen LogP contribution in [0.25, 0.3) is 0 Å². The smallest absolute Gasteiger partial charge is 0.325 e. The molecular weight excluding hydrogens is 244 g/mol. The Hall–Kier alpha value is -2.36. The Labute approximate surface area is 112 Å². The van der Waals surface area contributed by atoms with Crippen LogP contribution in [0.4, 0.5) is 0 Å². The molecule has 100 valence electrons. The summed E-state index contributed by atoms with van der Waals surface area (Å²) in [6.45, 7) is 7.01. The Morgan fingerprint density at radius 1 is 1.00 bits per heavy atom. The monoisotopic (exact) mass is 260 g/mol. The van der Waals surface area contributed by atoms with E-state index in [0.29, 0.717) is 5.56 Å². The maximum atomic E-state index is 11.9. The Balaban J connectivity index is 2.90. The number of hydrogen-bond donors (Lipinski definition) is 0. The van der Waals surface area contributed by atoms with Gasteiger partial charge in [0.2, 0.25) is 0 Å². The molecule has 0 aliphatic carbocycles. The summed E-state index contributed by atoms with van der Waals surface area (Å²) in [5.74, 6) is -2.39. The molecule has 0 saturated carbocycles. The minimum absolute atomic E-state index is 0.0525. The number of esters is 2. The second-order valence-corrected chi connectivity index (χ2v) is 3.68. The lowest BCUT2D eigenvalue weighted by Crippen LogP contribution is -2.26. The van der Waals surface area contributed by atoms with Crippen molar-refractivity contribution in [3.8, 4) is 0 Å². The summed E-state index contributed by atoms with van der Waals surface area (Å²) in [4.78, 5) is 23.8. The molecule has 4 nitrogen and oxygen atoms in total. The quantitative estimate of drug-likeness (QED) is 0.428. The highest BCUT2D eigenvalue weighted by Gasteiger charge is 2.31. The van der Waals surface area contributed by atoms with Crippen molar-refractivity contribution in [3.63, 3.8) is 0 Å². The SMILES string of the molecule is C=CCOC(=O)C(C(=O)OCC=C)c1ccccc1. The summed E-state index contributed by atoms with van der Waals surface area (Å²) in [5.41, 5.74) is 0.533. The molecule has 1 aromatic carbocycles. The first-order valence-corrected chi connectivity index (χ1v) is 5.80. The van der Waals surface area contributed by atoms with E-state index in [4.69, 9.17) is 9.47 Å². The van der Waals surface area contributed by atoms with Crippen molar-refractivity contribution in [1.82, 2.24) is 0 Å². The molecule has 0 amide bonds. The summed E-state index contributed by atoms with van der Waals surface area (Å²) < 4.78 is 9.85. The largest absolute Gasteiger partial charge is 0.461 e. The van der Waals surface area contributed by atoms with Gasteiger partial charge in [-0.3, -0.25) is 9.59 Å². The lowest BCUT2D eigenvalue weighted by atomic mass is 9.99. The molecule has 0 unspecified atom stereocenters. The molecule has 1 rings (SSSR count). The fourth-order valence-electron chi connectivity index (χ4n) is 1.46. The Kier molecular flexibility index (Phi) is 6.09. The molecule has 0 aromatic heterocycles. The highest BCUT2D eigenvalue weighted by atomic mass is 16.6. The number of carbonyl (C=O) groups excluding carboxylic acids is 2. The number of benzene rings is 1. The van der Waals surface area contributed by atoms with Crippen LogP contribution in [-0.4, -0.2) is 25.2 Å². The van der Waals surface area contributed by atoms with Gasteiger partial charge in [-0.2, -0.15) is 0 Å². The molecular formula is C15H16O4. The van der Waals surface area contributed by atoms with Crippen molar-refractivity contribution in [2.75, 3.05) is 13.2 Å². The molecule has 0 aliphatic heterocycles. The predicted octanol–water partition coefficient (Wildman–Crippen LogP) is 2.23. The molecule has 4 heteroatoms. The molecule has 0 fully saturated rings. The lowest BCUT2D eigenvalue weighted by Gasteiger charge is -2.14. The van der Waals surface area contributed by atoms with E-state index in [2.05, 4.69) is 13.2 Å². The summed E-state index contributed by atoms with van der Waals surface area (Å²) in [6.07, 6.45) is 2.88. The van der Waals surface area contributed by atoms with Crippen LogP contribution < -0.4 is 0 Å². The van der Waals surface area contributed by atoms with Gasteiger partial charge in [0.15, 0.2) is 5.92 Å². The van der Waals surface area contributed by atoms with Crippen molar-refractivity contribution >= 4 is 11.9 Å². The van der Waals surface area contributed by atoms with Crippen LogP contribution in [0.1, 0.15) is 11.5 Å². The second-order valence-electron chi connectivity index (χ2n) is 3.68. The van der Waals surface area contributed by atoms with Crippen LogP contribution in [0.2, 0.25) is 0 Å². The molecule has 1 aromatic rings. The summed E-state index contributed by atoms with van der Waals surface area (Å²) in [7, 11) is 0. The first kappa shape index (κ1) is 14.7. The fraction of sp³-hybridized carbons (Fsp3) is 0.200. The van der Waals surface area contributed by atoms with Gasteiger partial charge in [-0.05, 0) is 5.56 Å². The fourth-order valence-corrected chi connectivity index (χ4v) is 1.46. The molecule has 0 atom stereocenters. The average molecular weight is 260 g/mol. The van der Waals surface area contributed by atoms with Gasteiger partial charge in [0.25, 0.3) is 0 Å². The maximum absolute atomic E-state index is 11.9. The zero-order valence-corrected chi connectivity index (χ0v) is 10.6. The van der Waals surface area contributed by atoms with Crippen LogP contribution in [0, 0.1) is 0 Å². The Bertz CT molecular complexity index is 426. The van der Waals surface area contributed by atoms with E-state index < -0.39 is 17.9 Å². The number of ether oxygens (including phenoxy) is 2. The Morgan fingerprint density at radius 3 is 1.89 bits per heavy atom. The van der Waals surface area contributed by atoms with Gasteiger partial charge >= 0.3 is 11.9 Å². The minimum Gasteiger partial charge on any atom is -0.461 e. The third kappa shape index (κ3) is 4.43. The summed E-state index contributed by atoms with van der Waals surface area (Å²) >= 11 is 0. The standard InChI is InChI=1S/C15H16O4/c1-3-10-18-14(16)13(15(17)19-11-4-2)12-8-6-5-7-9-12/h3-9,13H,1-2,10-11H2. The third-order valence-electron chi connectivity index (χ3n) is 2.29. The van der Waals surface area contributed by atoms with Crippen molar-refractivity contribution in [1.29, 1.82) is 0 Å². The first-order valence-electron chi connectivity index (χ1n) is 5.80. The highest BCUT2D eigenvalue weighted by Crippen LogP contribution is 2.19. The van der Waals surface area contributed by atoms with Gasteiger partial charge in [-0.25, -0.2) is 0 Å². The van der Waals surface area contributed by atoms with E-state index in [0.717, 1.165) is 0 Å². The van der Waals surface area contributed by atoms with Gasteiger partial charge in [0, 0.05) is 0 Å². The summed E-state index contributed by atoms with van der Waals surface area (Å²) in [5, 5.41) is 0. The van der Waals surface area contributed by atoms with Crippen molar-refractivity contribution < 1.29 is 19.1 Å². The van der Waals surface area contributed by atoms with Gasteiger partial charge in [0.05, 0.1) is 0 Å². The Morgan fingerprint density at radius 2 is 1.47 bits per heavy atom. The van der Waals surface area contributed by atoms with E-state index in [-0.39, 0.29) is 13.2 Å². The minimum atomic E-state index is -1.08. The van der Waals surface area contributed by atoms with Crippen LogP contribution in [0.3, 0.4) is 0 Å². The molecule has 0 N–H and O–H groups in total. The topological polar surface area (TPSA) is 52.6 Å². The number of rotatable bonds is 7. The average Bonchev–Trinajstić information content (AvgIpc) is 2.44. The first-order chi connectivity index (χ1) is 9.20. The molecule has 0 bridgehead atoms. The van der Waals surface area contributed by atoms with Gasteiger partial charge in [0.1, 0.15) is 13.2 Å². The zero-order valence-electron chi connectivity index (χ0n) is 10.6. The van der Waals surface area contributed by atoms with Crippen molar-refractivity contribution in [2.24, 2.45) is 0 Å². The summed E-state index contributed by atoms with van der Waals surface area (Å²) in [6, 6.07) is 8.63. The number of hydrogen-bond acceptors (Lipinski definition) is 4. The molecule has 0 heterocycles. The molecule has 19 heavy (non-hydrogen) atoms. The maximum Gasteiger partial charge on any atom is 0.325 e. The molecule has 0 spiro atoms. The number of carbonyl (C=O) groups is 2. The van der Waals surface area contributed by atoms with E-state index in [1.165, 1.54) is 12.2 Å². The van der Waals surface area contributed by atoms with Crippen LogP contribution >= 0.6 is 0 Å². The van der Waals surface area contributed by atoms with Crippen molar-refractivity contribution in [2.45, 2.75) is 5.92 Å².